The number of unbranched alkanes of at least 4 members (excludes halogenated alkanes) is 1. The van der Waals surface area contributed by atoms with Crippen molar-refractivity contribution in [3.8, 4) is 5.75 Å². The number of imidazole rings is 1. The van der Waals surface area contributed by atoms with Gasteiger partial charge in [0, 0.05) is 12.5 Å². The molecule has 1 aromatic carbocycles. The van der Waals surface area contributed by atoms with E-state index in [2.05, 4.69) is 39.2 Å². The molecule has 5 atom stereocenters. The molecule has 218 valence electrons. The topological polar surface area (TPSA) is 139 Å². The molecule has 40 heavy (non-hydrogen) atoms. The zero-order valence-electron chi connectivity index (χ0n) is 23.6. The van der Waals surface area contributed by atoms with E-state index in [9.17, 15) is 9.36 Å². The first-order chi connectivity index (χ1) is 19.2. The average Bonchev–Trinajstić information content (AvgIpc) is 3.51. The number of benzene rings is 1. The van der Waals surface area contributed by atoms with Crippen molar-refractivity contribution in [2.45, 2.75) is 78.4 Å². The van der Waals surface area contributed by atoms with Crippen LogP contribution in [-0.4, -0.2) is 56.9 Å². The largest absolute Gasteiger partial charge is 0.462 e. The smallest absolute Gasteiger partial charge is 0.459 e. The number of esters is 1. The number of ether oxygens (including phenoxy) is 2. The second-order valence-electron chi connectivity index (χ2n) is 10.2. The fourth-order valence-electron chi connectivity index (χ4n) is 4.43. The maximum absolute atomic E-state index is 13.8. The number of hydrogen-bond acceptors (Lipinski definition) is 10. The molecule has 4 rings (SSSR count). The lowest BCUT2D eigenvalue weighted by molar-refractivity contribution is -0.149. The second-order valence-corrected chi connectivity index (χ2v) is 11.9. The van der Waals surface area contributed by atoms with Crippen LogP contribution in [0.1, 0.15) is 60.1 Å². The summed E-state index contributed by atoms with van der Waals surface area (Å²) in [5, 5.41) is 6.04. The van der Waals surface area contributed by atoms with Crippen LogP contribution in [0.2, 0.25) is 0 Å². The molecule has 0 aliphatic carbocycles. The Morgan fingerprint density at radius 3 is 2.70 bits per heavy atom. The van der Waals surface area contributed by atoms with Crippen molar-refractivity contribution in [3.63, 3.8) is 0 Å². The summed E-state index contributed by atoms with van der Waals surface area (Å²) in [6.45, 7) is 10.0. The monoisotopic (exact) mass is 574 g/mol. The summed E-state index contributed by atoms with van der Waals surface area (Å²) in [6.07, 6.45) is 4.93. The molecular weight excluding hydrogens is 535 g/mol. The van der Waals surface area contributed by atoms with Crippen LogP contribution in [0.25, 0.3) is 11.2 Å². The molecular formula is C27H39N6O6P. The van der Waals surface area contributed by atoms with E-state index in [-0.39, 0.29) is 31.0 Å². The number of anilines is 1. The molecule has 12 nitrogen and oxygen atoms in total. The number of aromatic nitrogens is 4. The van der Waals surface area contributed by atoms with Gasteiger partial charge in [0.2, 0.25) is 0 Å². The first-order valence-electron chi connectivity index (χ1n) is 13.7. The number of fused-ring (bicyclic) bond motifs is 1. The van der Waals surface area contributed by atoms with Crippen LogP contribution in [0.5, 0.6) is 5.75 Å². The minimum Gasteiger partial charge on any atom is -0.462 e. The van der Waals surface area contributed by atoms with Crippen molar-refractivity contribution < 1.29 is 27.9 Å². The first-order valence-corrected chi connectivity index (χ1v) is 15.3. The fraction of sp³-hybridized carbons (Fsp3) is 0.556. The summed E-state index contributed by atoms with van der Waals surface area (Å²) in [4.78, 5) is 25.8. The Kier molecular flexibility index (Phi) is 10.1. The van der Waals surface area contributed by atoms with Gasteiger partial charge in [-0.05, 0) is 45.7 Å². The molecule has 1 aliphatic rings. The molecule has 2 N–H and O–H groups in total. The van der Waals surface area contributed by atoms with Crippen LogP contribution in [0.4, 0.5) is 5.82 Å². The summed E-state index contributed by atoms with van der Waals surface area (Å²) in [5.74, 6) is 0.575. The van der Waals surface area contributed by atoms with Crippen molar-refractivity contribution in [1.29, 1.82) is 0 Å². The number of para-hydroxylation sites is 1. The lowest BCUT2D eigenvalue weighted by Crippen LogP contribution is -2.36. The van der Waals surface area contributed by atoms with Gasteiger partial charge in [-0.25, -0.2) is 19.5 Å². The van der Waals surface area contributed by atoms with Gasteiger partial charge in [0.25, 0.3) is 0 Å². The van der Waals surface area contributed by atoms with E-state index in [4.69, 9.17) is 18.5 Å². The van der Waals surface area contributed by atoms with Crippen molar-refractivity contribution in [2.24, 2.45) is 5.92 Å². The summed E-state index contributed by atoms with van der Waals surface area (Å²) in [6, 6.07) is 7.73. The Balaban J connectivity index is 1.45. The van der Waals surface area contributed by atoms with Gasteiger partial charge in [0.1, 0.15) is 24.3 Å². The number of nitrogens with zero attached hydrogens (tertiary/aromatic N) is 4. The van der Waals surface area contributed by atoms with Gasteiger partial charge in [0.15, 0.2) is 17.0 Å². The molecule has 1 aliphatic heterocycles. The number of carbonyl (C=O) groups excluding carboxylic acids is 1. The van der Waals surface area contributed by atoms with E-state index < -0.39 is 19.8 Å². The Hall–Kier alpha value is -3.05. The fourth-order valence-corrected chi connectivity index (χ4v) is 5.95. The van der Waals surface area contributed by atoms with E-state index >= 15 is 0 Å². The predicted octanol–water partition coefficient (Wildman–Crippen LogP) is 5.10. The van der Waals surface area contributed by atoms with Crippen LogP contribution in [0.15, 0.2) is 43.0 Å². The highest BCUT2D eigenvalue weighted by Crippen LogP contribution is 2.46. The molecule has 1 fully saturated rings. The maximum atomic E-state index is 13.8. The van der Waals surface area contributed by atoms with Gasteiger partial charge in [0.05, 0.1) is 25.1 Å². The van der Waals surface area contributed by atoms with Gasteiger partial charge in [-0.3, -0.25) is 13.9 Å². The molecule has 0 unspecified atom stereocenters. The van der Waals surface area contributed by atoms with Gasteiger partial charge >= 0.3 is 13.7 Å². The maximum Gasteiger partial charge on any atom is 0.459 e. The second kappa shape index (κ2) is 13.5. The minimum atomic E-state index is -3.98. The predicted molar refractivity (Wildman–Crippen MR) is 151 cm³/mol. The van der Waals surface area contributed by atoms with E-state index in [1.165, 1.54) is 6.33 Å². The van der Waals surface area contributed by atoms with Crippen molar-refractivity contribution in [3.05, 3.63) is 43.0 Å². The third-order valence-corrected chi connectivity index (χ3v) is 8.01. The number of rotatable bonds is 14. The van der Waals surface area contributed by atoms with E-state index in [0.29, 0.717) is 29.2 Å². The minimum absolute atomic E-state index is 0.0185. The number of hydrogen-bond donors (Lipinski definition) is 2. The van der Waals surface area contributed by atoms with Crippen LogP contribution in [-0.2, 0) is 23.4 Å². The quantitative estimate of drug-likeness (QED) is 0.151. The zero-order valence-corrected chi connectivity index (χ0v) is 24.5. The first kappa shape index (κ1) is 29.9. The Labute approximate surface area is 234 Å². The molecule has 3 heterocycles. The van der Waals surface area contributed by atoms with Crippen LogP contribution in [0.3, 0.4) is 0 Å². The lowest BCUT2D eigenvalue weighted by atomic mass is 10.1. The van der Waals surface area contributed by atoms with Gasteiger partial charge in [-0.15, -0.1) is 0 Å². The molecule has 0 bridgehead atoms. The Morgan fingerprint density at radius 1 is 1.20 bits per heavy atom. The lowest BCUT2D eigenvalue weighted by Gasteiger charge is -2.24. The molecule has 0 amide bonds. The summed E-state index contributed by atoms with van der Waals surface area (Å²) < 4.78 is 38.9. The van der Waals surface area contributed by atoms with Crippen LogP contribution < -0.4 is 14.9 Å². The average molecular weight is 575 g/mol. The van der Waals surface area contributed by atoms with Crippen molar-refractivity contribution >= 4 is 30.7 Å². The molecule has 1 saturated heterocycles. The highest BCUT2D eigenvalue weighted by atomic mass is 31.2. The molecule has 0 spiro atoms. The third-order valence-electron chi connectivity index (χ3n) is 6.37. The Morgan fingerprint density at radius 2 is 1.98 bits per heavy atom. The SMILES string of the molecule is CCCCNc1ncnc2c1ncn2[C@@H]1O[C@H](CO[P@@](=O)(N[C@@H](C)C(=O)OC(C)C)Oc2ccccc2)C[C@@H]1C. The molecule has 13 heteroatoms. The van der Waals surface area contributed by atoms with Crippen molar-refractivity contribution in [2.75, 3.05) is 18.5 Å². The van der Waals surface area contributed by atoms with Crippen LogP contribution in [0, 0.1) is 5.92 Å². The zero-order chi connectivity index (χ0) is 28.7. The molecule has 0 saturated carbocycles. The van der Waals surface area contributed by atoms with E-state index in [0.717, 1.165) is 19.4 Å². The van der Waals surface area contributed by atoms with Gasteiger partial charge in [-0.2, -0.15) is 5.09 Å². The number of carbonyl (C=O) groups is 1. The van der Waals surface area contributed by atoms with E-state index in [1.807, 2.05) is 10.6 Å². The highest BCUT2D eigenvalue weighted by Gasteiger charge is 2.38. The summed E-state index contributed by atoms with van der Waals surface area (Å²) >= 11 is 0. The molecule has 0 radical (unpaired) electrons. The normalized spacial score (nSPS) is 21.3. The third kappa shape index (κ3) is 7.57. The summed E-state index contributed by atoms with van der Waals surface area (Å²) in [5.41, 5.74) is 1.35. The highest BCUT2D eigenvalue weighted by molar-refractivity contribution is 7.52. The summed E-state index contributed by atoms with van der Waals surface area (Å²) in [7, 11) is -3.98. The van der Waals surface area contributed by atoms with Gasteiger partial charge in [-0.1, -0.05) is 38.5 Å². The molecule has 3 aromatic rings. The standard InChI is InChI=1S/C27H39N6O6P/c1-6-7-13-28-24-23-25(30-16-29-24)33(17-31-23)26-19(4)14-22(38-26)15-36-40(35,39-21-11-9-8-10-12-21)32-20(5)27(34)37-18(2)3/h8-12,16-20,22,26H,6-7,13-15H2,1-5H3,(H,32,35)(H,28,29,30)/t19-,20-,22-,26+,40-/m0/s1. The van der Waals surface area contributed by atoms with Crippen LogP contribution >= 0.6 is 7.75 Å². The molecule has 2 aromatic heterocycles. The number of nitrogens with one attached hydrogen (secondary N) is 2. The Bertz CT molecular complexity index is 1310. The van der Waals surface area contributed by atoms with Crippen molar-refractivity contribution in [1.82, 2.24) is 24.6 Å². The van der Waals surface area contributed by atoms with Gasteiger partial charge < -0.3 is 19.3 Å². The van der Waals surface area contributed by atoms with E-state index in [1.54, 1.807) is 51.4 Å².